The minimum atomic E-state index is -0.243. The summed E-state index contributed by atoms with van der Waals surface area (Å²) in [6, 6.07) is 8.06. The lowest BCUT2D eigenvalue weighted by Gasteiger charge is -2.10. The summed E-state index contributed by atoms with van der Waals surface area (Å²) >= 11 is 2.71. The second-order valence-corrected chi connectivity index (χ2v) is 7.47. The highest BCUT2D eigenvalue weighted by Crippen LogP contribution is 2.26. The van der Waals surface area contributed by atoms with Crippen molar-refractivity contribution < 1.29 is 9.59 Å². The number of hydrogen-bond donors (Lipinski definition) is 1. The van der Waals surface area contributed by atoms with Gasteiger partial charge in [-0.1, -0.05) is 29.0 Å². The number of nitrogens with one attached hydrogen (secondary N) is 1. The second kappa shape index (κ2) is 7.07. The first-order chi connectivity index (χ1) is 10.4. The summed E-state index contributed by atoms with van der Waals surface area (Å²) in [5, 5.41) is 3.02. The van der Waals surface area contributed by atoms with E-state index in [0.717, 1.165) is 4.90 Å². The first kappa shape index (κ1) is 16.7. The van der Waals surface area contributed by atoms with Crippen LogP contribution in [0.4, 0.5) is 5.13 Å². The molecule has 0 aliphatic rings. The summed E-state index contributed by atoms with van der Waals surface area (Å²) in [4.78, 5) is 29.5. The Balaban J connectivity index is 2.00. The number of carbonyl (C=O) groups excluding carboxylic acids is 2. The highest BCUT2D eigenvalue weighted by atomic mass is 32.2. The Kier molecular flexibility index (Phi) is 5.37. The number of amides is 1. The van der Waals surface area contributed by atoms with E-state index in [1.165, 1.54) is 35.6 Å². The van der Waals surface area contributed by atoms with Crippen LogP contribution in [-0.2, 0) is 4.79 Å². The van der Waals surface area contributed by atoms with E-state index < -0.39 is 0 Å². The number of ketones is 1. The summed E-state index contributed by atoms with van der Waals surface area (Å²) in [5.74, 6) is -0.146. The minimum absolute atomic E-state index is 0.0300. The third kappa shape index (κ3) is 4.18. The molecule has 0 saturated heterocycles. The van der Waals surface area contributed by atoms with Gasteiger partial charge in [0, 0.05) is 11.8 Å². The number of anilines is 1. The van der Waals surface area contributed by atoms with Crippen LogP contribution in [0.3, 0.4) is 0 Å². The van der Waals surface area contributed by atoms with Gasteiger partial charge < -0.3 is 5.32 Å². The van der Waals surface area contributed by atoms with Crippen molar-refractivity contribution in [2.75, 3.05) is 5.32 Å². The standard InChI is InChI=1S/C16H18N2O2S2/c1-9-5-7-13(8-6-9)21-12(4)15(20)18-16-17-10(2)14(22-16)11(3)19/h5-8,12H,1-4H3,(H,17,18,20)/t12-/m0/s1. The quantitative estimate of drug-likeness (QED) is 0.661. The van der Waals surface area contributed by atoms with Crippen LogP contribution in [0.15, 0.2) is 29.2 Å². The van der Waals surface area contributed by atoms with Crippen molar-refractivity contribution in [3.05, 3.63) is 40.4 Å². The molecule has 6 heteroatoms. The molecule has 0 bridgehead atoms. The fourth-order valence-electron chi connectivity index (χ4n) is 1.86. The van der Waals surface area contributed by atoms with Crippen molar-refractivity contribution in [3.63, 3.8) is 0 Å². The Hall–Kier alpha value is -1.66. The Morgan fingerprint density at radius 3 is 2.41 bits per heavy atom. The summed E-state index contributed by atoms with van der Waals surface area (Å²) in [7, 11) is 0. The molecule has 1 N–H and O–H groups in total. The summed E-state index contributed by atoms with van der Waals surface area (Å²) in [5.41, 5.74) is 1.85. The van der Waals surface area contributed by atoms with Gasteiger partial charge in [0.05, 0.1) is 15.8 Å². The lowest BCUT2D eigenvalue weighted by atomic mass is 10.2. The molecule has 116 valence electrons. The first-order valence-electron chi connectivity index (χ1n) is 6.89. The topological polar surface area (TPSA) is 59.1 Å². The molecule has 0 spiro atoms. The predicted molar refractivity (Wildman–Crippen MR) is 92.0 cm³/mol. The fraction of sp³-hybridized carbons (Fsp3) is 0.312. The molecule has 1 heterocycles. The summed E-state index contributed by atoms with van der Waals surface area (Å²) in [6.45, 7) is 7.16. The Bertz CT molecular complexity index is 693. The molecule has 1 amide bonds. The molecule has 1 aromatic carbocycles. The third-order valence-corrected chi connectivity index (χ3v) is 5.34. The second-order valence-electron chi connectivity index (χ2n) is 5.05. The van der Waals surface area contributed by atoms with Crippen molar-refractivity contribution in [1.29, 1.82) is 0 Å². The number of carbonyl (C=O) groups is 2. The molecule has 0 fully saturated rings. The van der Waals surface area contributed by atoms with Crippen molar-refractivity contribution in [2.24, 2.45) is 0 Å². The van der Waals surface area contributed by atoms with Crippen LogP contribution in [-0.4, -0.2) is 21.9 Å². The number of Topliss-reactive ketones (excluding diaryl/α,β-unsaturated/α-hetero) is 1. The van der Waals surface area contributed by atoms with Crippen LogP contribution < -0.4 is 5.32 Å². The number of aryl methyl sites for hydroxylation is 2. The van der Waals surface area contributed by atoms with Gasteiger partial charge in [-0.15, -0.1) is 11.8 Å². The van der Waals surface area contributed by atoms with E-state index in [0.29, 0.717) is 15.7 Å². The van der Waals surface area contributed by atoms with Gasteiger partial charge in [0.2, 0.25) is 5.91 Å². The summed E-state index contributed by atoms with van der Waals surface area (Å²) < 4.78 is 0. The van der Waals surface area contributed by atoms with E-state index in [2.05, 4.69) is 10.3 Å². The normalized spacial score (nSPS) is 12.0. The molecule has 22 heavy (non-hydrogen) atoms. The lowest BCUT2D eigenvalue weighted by Crippen LogP contribution is -2.22. The van der Waals surface area contributed by atoms with Crippen LogP contribution in [0.5, 0.6) is 0 Å². The number of aromatic nitrogens is 1. The maximum atomic E-state index is 12.2. The summed E-state index contributed by atoms with van der Waals surface area (Å²) in [6.07, 6.45) is 0. The van der Waals surface area contributed by atoms with E-state index >= 15 is 0 Å². The first-order valence-corrected chi connectivity index (χ1v) is 8.59. The van der Waals surface area contributed by atoms with Gasteiger partial charge in [-0.3, -0.25) is 9.59 Å². The number of thioether (sulfide) groups is 1. The zero-order chi connectivity index (χ0) is 16.3. The van der Waals surface area contributed by atoms with Crippen LogP contribution in [0, 0.1) is 13.8 Å². The largest absolute Gasteiger partial charge is 0.301 e. The van der Waals surface area contributed by atoms with Crippen molar-refractivity contribution >= 4 is 39.9 Å². The van der Waals surface area contributed by atoms with E-state index in [9.17, 15) is 9.59 Å². The van der Waals surface area contributed by atoms with E-state index in [4.69, 9.17) is 0 Å². The van der Waals surface area contributed by atoms with Crippen LogP contribution >= 0.6 is 23.1 Å². The number of thiazole rings is 1. The van der Waals surface area contributed by atoms with Crippen LogP contribution in [0.2, 0.25) is 0 Å². The monoisotopic (exact) mass is 334 g/mol. The van der Waals surface area contributed by atoms with Gasteiger partial charge in [0.25, 0.3) is 0 Å². The molecule has 2 aromatic rings. The zero-order valence-electron chi connectivity index (χ0n) is 13.0. The van der Waals surface area contributed by atoms with Gasteiger partial charge in [-0.2, -0.15) is 0 Å². The maximum Gasteiger partial charge on any atom is 0.239 e. The number of nitrogens with zero attached hydrogens (tertiary/aromatic N) is 1. The van der Waals surface area contributed by atoms with E-state index in [-0.39, 0.29) is 16.9 Å². The van der Waals surface area contributed by atoms with E-state index in [1.807, 2.05) is 38.1 Å². The smallest absolute Gasteiger partial charge is 0.239 e. The molecule has 2 rings (SSSR count). The van der Waals surface area contributed by atoms with Gasteiger partial charge in [0.15, 0.2) is 10.9 Å². The SMILES string of the molecule is CC(=O)c1sc(NC(=O)[C@H](C)Sc2ccc(C)cc2)nc1C. The Morgan fingerprint density at radius 2 is 1.86 bits per heavy atom. The van der Waals surface area contributed by atoms with Gasteiger partial charge >= 0.3 is 0 Å². The molecular weight excluding hydrogens is 316 g/mol. The van der Waals surface area contributed by atoms with Crippen LogP contribution in [0.1, 0.15) is 34.8 Å². The average Bonchev–Trinajstić information content (AvgIpc) is 2.82. The number of rotatable bonds is 5. The lowest BCUT2D eigenvalue weighted by molar-refractivity contribution is -0.115. The molecule has 0 aliphatic carbocycles. The Morgan fingerprint density at radius 1 is 1.23 bits per heavy atom. The molecule has 0 saturated carbocycles. The van der Waals surface area contributed by atoms with E-state index in [1.54, 1.807) is 6.92 Å². The molecular formula is C16H18N2O2S2. The fourth-order valence-corrected chi connectivity index (χ4v) is 3.59. The van der Waals surface area contributed by atoms with Crippen molar-refractivity contribution in [2.45, 2.75) is 37.8 Å². The minimum Gasteiger partial charge on any atom is -0.301 e. The number of hydrogen-bond acceptors (Lipinski definition) is 5. The molecule has 0 aliphatic heterocycles. The van der Waals surface area contributed by atoms with Crippen molar-refractivity contribution in [3.8, 4) is 0 Å². The highest BCUT2D eigenvalue weighted by molar-refractivity contribution is 8.00. The van der Waals surface area contributed by atoms with Crippen molar-refractivity contribution in [1.82, 2.24) is 4.98 Å². The maximum absolute atomic E-state index is 12.2. The van der Waals surface area contributed by atoms with Crippen LogP contribution in [0.25, 0.3) is 0 Å². The third-order valence-electron chi connectivity index (χ3n) is 3.05. The highest BCUT2D eigenvalue weighted by Gasteiger charge is 2.18. The molecule has 0 unspecified atom stereocenters. The van der Waals surface area contributed by atoms with Gasteiger partial charge in [0.1, 0.15) is 0 Å². The predicted octanol–water partition coefficient (Wildman–Crippen LogP) is 4.08. The zero-order valence-corrected chi connectivity index (χ0v) is 14.6. The molecule has 1 atom stereocenters. The molecule has 4 nitrogen and oxygen atoms in total. The Labute approximate surface area is 138 Å². The number of benzene rings is 1. The molecule has 0 radical (unpaired) electrons. The molecule has 1 aromatic heterocycles. The van der Waals surface area contributed by atoms with Gasteiger partial charge in [-0.25, -0.2) is 4.98 Å². The van der Waals surface area contributed by atoms with Gasteiger partial charge in [-0.05, 0) is 32.9 Å². The average molecular weight is 334 g/mol.